The van der Waals surface area contributed by atoms with Crippen LogP contribution in [0.5, 0.6) is 0 Å². The van der Waals surface area contributed by atoms with Gasteiger partial charge in [0.05, 0.1) is 0 Å². The summed E-state index contributed by atoms with van der Waals surface area (Å²) < 4.78 is 12.2. The Kier molecular flexibility index (Phi) is 3.77. The molecule has 2 rings (SSSR count). The predicted molar refractivity (Wildman–Crippen MR) is 70.2 cm³/mol. The van der Waals surface area contributed by atoms with Crippen molar-refractivity contribution < 1.29 is 9.00 Å². The first-order valence-electron chi connectivity index (χ1n) is 6.03. The van der Waals surface area contributed by atoms with Crippen molar-refractivity contribution >= 4 is 16.6 Å². The summed E-state index contributed by atoms with van der Waals surface area (Å²) in [5.41, 5.74) is 2.30. The molecule has 0 amide bonds. The van der Waals surface area contributed by atoms with E-state index in [1.807, 2.05) is 32.0 Å². The molecular formula is C14H18O2S. The van der Waals surface area contributed by atoms with Crippen molar-refractivity contribution in [3.05, 3.63) is 35.4 Å². The average molecular weight is 250 g/mol. The molecule has 17 heavy (non-hydrogen) atoms. The van der Waals surface area contributed by atoms with Crippen LogP contribution in [0.4, 0.5) is 0 Å². The van der Waals surface area contributed by atoms with E-state index in [0.29, 0.717) is 12.2 Å². The summed E-state index contributed by atoms with van der Waals surface area (Å²) in [5, 5.41) is 0.0583. The van der Waals surface area contributed by atoms with Crippen LogP contribution in [0.2, 0.25) is 0 Å². The van der Waals surface area contributed by atoms with Crippen LogP contribution in [-0.2, 0) is 21.3 Å². The van der Waals surface area contributed by atoms with Gasteiger partial charge in [-0.25, -0.2) is 0 Å². The topological polar surface area (TPSA) is 34.1 Å². The number of benzene rings is 1. The van der Waals surface area contributed by atoms with Crippen molar-refractivity contribution in [2.75, 3.05) is 0 Å². The molecule has 1 fully saturated rings. The van der Waals surface area contributed by atoms with Crippen LogP contribution >= 0.6 is 0 Å². The van der Waals surface area contributed by atoms with Gasteiger partial charge >= 0.3 is 0 Å². The molecular weight excluding hydrogens is 232 g/mol. The van der Waals surface area contributed by atoms with Crippen LogP contribution in [0, 0.1) is 12.8 Å². The molecule has 3 atom stereocenters. The second-order valence-electron chi connectivity index (χ2n) is 4.85. The maximum Gasteiger partial charge on any atom is 0.136 e. The van der Waals surface area contributed by atoms with Crippen LogP contribution in [0.1, 0.15) is 30.9 Å². The monoisotopic (exact) mass is 250 g/mol. The van der Waals surface area contributed by atoms with Crippen molar-refractivity contribution in [3.63, 3.8) is 0 Å². The molecule has 3 unspecified atom stereocenters. The Morgan fingerprint density at radius 1 is 1.41 bits per heavy atom. The predicted octanol–water partition coefficient (Wildman–Crippen LogP) is 2.61. The highest BCUT2D eigenvalue weighted by Gasteiger charge is 2.34. The van der Waals surface area contributed by atoms with Crippen molar-refractivity contribution in [1.82, 2.24) is 0 Å². The second-order valence-corrected chi connectivity index (χ2v) is 6.50. The Bertz CT molecular complexity index is 453. The van der Waals surface area contributed by atoms with E-state index in [2.05, 4.69) is 6.07 Å². The molecule has 0 bridgehead atoms. The number of aryl methyl sites for hydroxylation is 1. The SMILES string of the molecule is Cc1cccc(CS(=O)C2CCC(=O)C2C)c1. The molecule has 92 valence electrons. The molecule has 0 N–H and O–H groups in total. The first kappa shape index (κ1) is 12.5. The largest absolute Gasteiger partial charge is 0.299 e. The quantitative estimate of drug-likeness (QED) is 0.826. The third-order valence-corrected chi connectivity index (χ3v) is 5.41. The summed E-state index contributed by atoms with van der Waals surface area (Å²) in [6, 6.07) is 8.10. The lowest BCUT2D eigenvalue weighted by Crippen LogP contribution is -2.22. The number of rotatable bonds is 3. The number of carbonyl (C=O) groups excluding carboxylic acids is 1. The van der Waals surface area contributed by atoms with E-state index in [-0.39, 0.29) is 17.0 Å². The minimum absolute atomic E-state index is 0.0272. The third kappa shape index (κ3) is 2.83. The van der Waals surface area contributed by atoms with Gasteiger partial charge < -0.3 is 0 Å². The summed E-state index contributed by atoms with van der Waals surface area (Å²) in [4.78, 5) is 11.5. The summed E-state index contributed by atoms with van der Waals surface area (Å²) in [5.74, 6) is 0.817. The molecule has 0 heterocycles. The Labute approximate surface area is 105 Å². The van der Waals surface area contributed by atoms with Gasteiger partial charge in [0.1, 0.15) is 5.78 Å². The molecule has 0 aliphatic heterocycles. The van der Waals surface area contributed by atoms with E-state index in [1.165, 1.54) is 5.56 Å². The Morgan fingerprint density at radius 3 is 2.76 bits per heavy atom. The standard InChI is InChI=1S/C14H18O2S/c1-10-4-3-5-12(8-10)9-17(16)14-7-6-13(15)11(14)2/h3-5,8,11,14H,6-7,9H2,1-2H3. The first-order chi connectivity index (χ1) is 8.08. The van der Waals surface area contributed by atoms with Gasteiger partial charge in [0.15, 0.2) is 0 Å². The van der Waals surface area contributed by atoms with Gasteiger partial charge in [0, 0.05) is 34.1 Å². The van der Waals surface area contributed by atoms with Crippen LogP contribution in [0.3, 0.4) is 0 Å². The fourth-order valence-corrected chi connectivity index (χ4v) is 4.11. The normalized spacial score (nSPS) is 26.1. The summed E-state index contributed by atoms with van der Waals surface area (Å²) in [7, 11) is -0.926. The molecule has 2 nitrogen and oxygen atoms in total. The summed E-state index contributed by atoms with van der Waals surface area (Å²) >= 11 is 0. The number of Topliss-reactive ketones (excluding diaryl/α,β-unsaturated/α-hetero) is 1. The molecule has 1 aromatic carbocycles. The van der Waals surface area contributed by atoms with E-state index >= 15 is 0 Å². The Hall–Kier alpha value is -0.960. The zero-order valence-corrected chi connectivity index (χ0v) is 11.1. The van der Waals surface area contributed by atoms with Crippen LogP contribution < -0.4 is 0 Å². The van der Waals surface area contributed by atoms with Gasteiger partial charge in [-0.3, -0.25) is 9.00 Å². The molecule has 1 aliphatic carbocycles. The minimum Gasteiger partial charge on any atom is -0.299 e. The summed E-state index contributed by atoms with van der Waals surface area (Å²) in [6.45, 7) is 3.95. The number of hydrogen-bond acceptors (Lipinski definition) is 2. The first-order valence-corrected chi connectivity index (χ1v) is 7.41. The highest BCUT2D eigenvalue weighted by molar-refractivity contribution is 7.84. The Balaban J connectivity index is 2.05. The Morgan fingerprint density at radius 2 is 2.18 bits per heavy atom. The van der Waals surface area contributed by atoms with E-state index < -0.39 is 10.8 Å². The minimum atomic E-state index is -0.926. The smallest absolute Gasteiger partial charge is 0.136 e. The molecule has 1 aromatic rings. The molecule has 0 aromatic heterocycles. The van der Waals surface area contributed by atoms with Gasteiger partial charge in [0.25, 0.3) is 0 Å². The maximum absolute atomic E-state index is 12.2. The van der Waals surface area contributed by atoms with Gasteiger partial charge in [-0.15, -0.1) is 0 Å². The van der Waals surface area contributed by atoms with Crippen molar-refractivity contribution in [2.45, 2.75) is 37.7 Å². The van der Waals surface area contributed by atoms with Gasteiger partial charge in [-0.05, 0) is 18.9 Å². The molecule has 1 aliphatic rings. The van der Waals surface area contributed by atoms with Crippen molar-refractivity contribution in [1.29, 1.82) is 0 Å². The lowest BCUT2D eigenvalue weighted by Gasteiger charge is -2.13. The lowest BCUT2D eigenvalue weighted by atomic mass is 10.1. The van der Waals surface area contributed by atoms with Crippen LogP contribution in [0.25, 0.3) is 0 Å². The van der Waals surface area contributed by atoms with Crippen LogP contribution in [-0.4, -0.2) is 15.2 Å². The summed E-state index contributed by atoms with van der Waals surface area (Å²) in [6.07, 6.45) is 1.39. The van der Waals surface area contributed by atoms with Crippen molar-refractivity contribution in [3.8, 4) is 0 Å². The van der Waals surface area contributed by atoms with Gasteiger partial charge in [0.2, 0.25) is 0 Å². The molecule has 1 saturated carbocycles. The lowest BCUT2D eigenvalue weighted by molar-refractivity contribution is -0.120. The van der Waals surface area contributed by atoms with Gasteiger partial charge in [-0.1, -0.05) is 36.8 Å². The van der Waals surface area contributed by atoms with Crippen LogP contribution in [0.15, 0.2) is 24.3 Å². The van der Waals surface area contributed by atoms with Crippen molar-refractivity contribution in [2.24, 2.45) is 5.92 Å². The molecule has 3 heteroatoms. The van der Waals surface area contributed by atoms with E-state index in [0.717, 1.165) is 12.0 Å². The molecule has 0 spiro atoms. The number of hydrogen-bond donors (Lipinski definition) is 0. The van der Waals surface area contributed by atoms with E-state index in [9.17, 15) is 9.00 Å². The highest BCUT2D eigenvalue weighted by atomic mass is 32.2. The number of carbonyl (C=O) groups is 1. The average Bonchev–Trinajstić information content (AvgIpc) is 2.60. The molecule has 0 saturated heterocycles. The zero-order chi connectivity index (χ0) is 12.4. The fraction of sp³-hybridized carbons (Fsp3) is 0.500. The van der Waals surface area contributed by atoms with E-state index in [4.69, 9.17) is 0 Å². The van der Waals surface area contributed by atoms with E-state index in [1.54, 1.807) is 0 Å². The third-order valence-electron chi connectivity index (χ3n) is 3.47. The molecule has 0 radical (unpaired) electrons. The second kappa shape index (κ2) is 5.13. The zero-order valence-electron chi connectivity index (χ0n) is 10.3. The fourth-order valence-electron chi connectivity index (χ4n) is 2.40. The maximum atomic E-state index is 12.2. The highest BCUT2D eigenvalue weighted by Crippen LogP contribution is 2.27. The number of ketones is 1. The van der Waals surface area contributed by atoms with Gasteiger partial charge in [-0.2, -0.15) is 0 Å².